The van der Waals surface area contributed by atoms with Crippen molar-refractivity contribution in [2.75, 3.05) is 7.05 Å². The smallest absolute Gasteiger partial charge is 0.245 e. The minimum Gasteiger partial charge on any atom is -0.245 e. The van der Waals surface area contributed by atoms with Crippen LogP contribution in [0.1, 0.15) is 19.4 Å². The normalized spacial score (nSPS) is 20.9. The van der Waals surface area contributed by atoms with Crippen LogP contribution in [0.15, 0.2) is 59.7 Å². The molecule has 0 saturated carbocycles. The Hall–Kier alpha value is -2.53. The van der Waals surface area contributed by atoms with Crippen molar-refractivity contribution in [2.45, 2.75) is 13.8 Å². The molecule has 0 spiro atoms. The van der Waals surface area contributed by atoms with E-state index < -0.39 is 0 Å². The molecule has 0 bridgehead atoms. The number of aliphatic imine (C=N–C) groups is 1. The van der Waals surface area contributed by atoms with Crippen molar-refractivity contribution in [3.05, 3.63) is 60.3 Å². The molecule has 3 rings (SSSR count). The zero-order chi connectivity index (χ0) is 15.7. The van der Waals surface area contributed by atoms with Gasteiger partial charge in [0.1, 0.15) is 12.0 Å². The van der Waals surface area contributed by atoms with E-state index >= 15 is 0 Å². The summed E-state index contributed by atoms with van der Waals surface area (Å²) in [5.74, 6) is 0.190. The maximum Gasteiger partial charge on any atom is 0.439 e. The monoisotopic (exact) mass is 295 g/mol. The lowest BCUT2D eigenvalue weighted by molar-refractivity contribution is -0.685. The Balaban J connectivity index is 2.12. The molecule has 1 aliphatic heterocycles. The number of hydrogen-bond donors (Lipinski definition) is 0. The van der Waals surface area contributed by atoms with Crippen LogP contribution in [0.4, 0.5) is 4.79 Å². The van der Waals surface area contributed by atoms with Gasteiger partial charge in [0.2, 0.25) is 6.34 Å². The number of imidazole rings is 1. The summed E-state index contributed by atoms with van der Waals surface area (Å²) in [4.78, 5) is 21.4. The molecule has 0 radical (unpaired) electrons. The van der Waals surface area contributed by atoms with E-state index in [0.717, 1.165) is 17.0 Å². The quantitative estimate of drug-likeness (QED) is 0.798. The summed E-state index contributed by atoms with van der Waals surface area (Å²) in [5, 5.41) is 0. The van der Waals surface area contributed by atoms with E-state index in [4.69, 9.17) is 0 Å². The Labute approximate surface area is 129 Å². The van der Waals surface area contributed by atoms with Crippen LogP contribution in [0.2, 0.25) is 0 Å². The van der Waals surface area contributed by atoms with E-state index in [-0.39, 0.29) is 16.4 Å². The van der Waals surface area contributed by atoms with E-state index in [1.54, 1.807) is 18.7 Å². The first kappa shape index (κ1) is 14.4. The number of allylic oxidation sites excluding steroid dienone is 1. The van der Waals surface area contributed by atoms with Gasteiger partial charge in [-0.1, -0.05) is 44.2 Å². The van der Waals surface area contributed by atoms with Gasteiger partial charge < -0.3 is 0 Å². The van der Waals surface area contributed by atoms with Crippen molar-refractivity contribution < 1.29 is 9.28 Å². The number of benzene rings is 1. The summed E-state index contributed by atoms with van der Waals surface area (Å²) < 4.78 is 1.54. The molecule has 1 unspecified atom stereocenters. The second kappa shape index (κ2) is 5.35. The highest BCUT2D eigenvalue weighted by Gasteiger charge is 2.44. The van der Waals surface area contributed by atoms with E-state index in [0.29, 0.717) is 0 Å². The molecule has 2 heterocycles. The SMILES string of the molecule is CC(C)C1=C(c2ccccc2)N=C[N+]1(C)C(=O)n1ccnc1. The van der Waals surface area contributed by atoms with Gasteiger partial charge in [0.25, 0.3) is 0 Å². The summed E-state index contributed by atoms with van der Waals surface area (Å²) in [6.07, 6.45) is 6.50. The molecule has 1 aromatic carbocycles. The number of carbonyl (C=O) groups excluding carboxylic acids is 1. The van der Waals surface area contributed by atoms with E-state index in [1.165, 1.54) is 10.9 Å². The summed E-state index contributed by atoms with van der Waals surface area (Å²) in [5.41, 5.74) is 2.90. The first-order valence-electron chi connectivity index (χ1n) is 7.28. The Bertz CT molecular complexity index is 744. The summed E-state index contributed by atoms with van der Waals surface area (Å²) >= 11 is 0. The fourth-order valence-corrected chi connectivity index (χ4v) is 2.91. The molecule has 0 fully saturated rings. The maximum absolute atomic E-state index is 12.9. The molecule has 0 saturated heterocycles. The third kappa shape index (κ3) is 2.19. The molecule has 1 amide bonds. The number of hydrogen-bond acceptors (Lipinski definition) is 3. The Kier molecular flexibility index (Phi) is 3.50. The number of rotatable bonds is 2. The van der Waals surface area contributed by atoms with Crippen LogP contribution in [0.5, 0.6) is 0 Å². The molecule has 112 valence electrons. The molecule has 1 atom stereocenters. The Morgan fingerprint density at radius 1 is 1.23 bits per heavy atom. The van der Waals surface area contributed by atoms with Gasteiger partial charge in [-0.3, -0.25) is 0 Å². The summed E-state index contributed by atoms with van der Waals surface area (Å²) in [6.45, 7) is 4.18. The van der Waals surface area contributed by atoms with E-state index in [1.807, 2.05) is 37.4 Å². The van der Waals surface area contributed by atoms with Gasteiger partial charge in [0.05, 0.1) is 7.05 Å². The van der Waals surface area contributed by atoms with Crippen molar-refractivity contribution >= 4 is 18.1 Å². The van der Waals surface area contributed by atoms with Gasteiger partial charge in [0.15, 0.2) is 5.70 Å². The third-order valence-corrected chi connectivity index (χ3v) is 3.88. The number of carbonyl (C=O) groups is 1. The van der Waals surface area contributed by atoms with Gasteiger partial charge in [-0.05, 0) is 0 Å². The minimum absolute atomic E-state index is 0.0399. The van der Waals surface area contributed by atoms with Gasteiger partial charge in [-0.25, -0.2) is 14.3 Å². The van der Waals surface area contributed by atoms with Crippen LogP contribution in [-0.4, -0.2) is 33.5 Å². The maximum atomic E-state index is 12.9. The molecule has 22 heavy (non-hydrogen) atoms. The predicted octanol–water partition coefficient (Wildman–Crippen LogP) is 3.36. The molecule has 1 aromatic heterocycles. The van der Waals surface area contributed by atoms with Crippen molar-refractivity contribution in [3.63, 3.8) is 0 Å². The first-order chi connectivity index (χ1) is 10.5. The highest BCUT2D eigenvalue weighted by molar-refractivity contribution is 5.87. The number of quaternary nitrogens is 1. The van der Waals surface area contributed by atoms with Gasteiger partial charge in [-0.2, -0.15) is 9.48 Å². The van der Waals surface area contributed by atoms with Crippen molar-refractivity contribution in [2.24, 2.45) is 10.9 Å². The number of aromatic nitrogens is 2. The van der Waals surface area contributed by atoms with Gasteiger partial charge >= 0.3 is 6.03 Å². The van der Waals surface area contributed by atoms with Crippen molar-refractivity contribution in [1.29, 1.82) is 0 Å². The molecular formula is C17H19N4O+. The number of amides is 1. The standard InChI is InChI=1S/C17H19N4O/c1-13(2)16-15(14-7-5-4-6-8-14)19-12-21(16,3)17(22)20-10-9-18-11-20/h4-13H,1-3H3/q+1. The average molecular weight is 295 g/mol. The first-order valence-corrected chi connectivity index (χ1v) is 7.28. The summed E-state index contributed by atoms with van der Waals surface area (Å²) in [6, 6.07) is 9.89. The van der Waals surface area contributed by atoms with E-state index in [9.17, 15) is 4.79 Å². The molecular weight excluding hydrogens is 276 g/mol. The van der Waals surface area contributed by atoms with Crippen LogP contribution in [-0.2, 0) is 0 Å². The van der Waals surface area contributed by atoms with Gasteiger partial charge in [-0.15, -0.1) is 0 Å². The topological polar surface area (TPSA) is 47.2 Å². The van der Waals surface area contributed by atoms with Crippen LogP contribution in [0.3, 0.4) is 0 Å². The number of nitrogens with zero attached hydrogens (tertiary/aromatic N) is 4. The molecule has 5 heteroatoms. The zero-order valence-corrected chi connectivity index (χ0v) is 13.0. The van der Waals surface area contributed by atoms with Gasteiger partial charge in [0, 0.05) is 23.9 Å². The fraction of sp³-hybridized carbons (Fsp3) is 0.235. The van der Waals surface area contributed by atoms with Crippen LogP contribution in [0, 0.1) is 5.92 Å². The second-order valence-electron chi connectivity index (χ2n) is 5.83. The van der Waals surface area contributed by atoms with Crippen LogP contribution >= 0.6 is 0 Å². The van der Waals surface area contributed by atoms with E-state index in [2.05, 4.69) is 23.8 Å². The largest absolute Gasteiger partial charge is 0.439 e. The molecule has 0 aliphatic carbocycles. The predicted molar refractivity (Wildman–Crippen MR) is 85.9 cm³/mol. The second-order valence-corrected chi connectivity index (χ2v) is 5.83. The average Bonchev–Trinajstić information content (AvgIpc) is 3.15. The van der Waals surface area contributed by atoms with Crippen molar-refractivity contribution in [3.8, 4) is 0 Å². The third-order valence-electron chi connectivity index (χ3n) is 3.88. The van der Waals surface area contributed by atoms with Crippen LogP contribution in [0.25, 0.3) is 5.70 Å². The minimum atomic E-state index is -0.0871. The highest BCUT2D eigenvalue weighted by Crippen LogP contribution is 2.36. The lowest BCUT2D eigenvalue weighted by Crippen LogP contribution is -2.49. The zero-order valence-electron chi connectivity index (χ0n) is 13.0. The fourth-order valence-electron chi connectivity index (χ4n) is 2.91. The highest BCUT2D eigenvalue weighted by atomic mass is 16.2. The Morgan fingerprint density at radius 3 is 2.55 bits per heavy atom. The van der Waals surface area contributed by atoms with Crippen molar-refractivity contribution in [1.82, 2.24) is 9.55 Å². The molecule has 5 nitrogen and oxygen atoms in total. The Morgan fingerprint density at radius 2 is 1.95 bits per heavy atom. The lowest BCUT2D eigenvalue weighted by Gasteiger charge is -2.27. The molecule has 0 N–H and O–H groups in total. The lowest BCUT2D eigenvalue weighted by atomic mass is 10.0. The molecule has 1 aliphatic rings. The van der Waals surface area contributed by atoms with Crippen LogP contribution < -0.4 is 0 Å². The summed E-state index contributed by atoms with van der Waals surface area (Å²) in [7, 11) is 1.87. The molecule has 2 aromatic rings.